The lowest BCUT2D eigenvalue weighted by Gasteiger charge is -2.17. The SMILES string of the molecule is CCOP(=O)(Cc1ccc(NC(=O)CCCNC(=O)[C@H]2O[C@@H](n3cc(C)c(=O)[nH]c3=O)[C@H](O)[C@@H]2O)cc1)OCC. The molecule has 1 aliphatic rings. The number of aromatic nitrogens is 2. The number of aliphatic hydroxyl groups excluding tert-OH is 2. The van der Waals surface area contributed by atoms with Gasteiger partial charge in [-0.1, -0.05) is 12.1 Å². The van der Waals surface area contributed by atoms with Gasteiger partial charge in [-0.15, -0.1) is 0 Å². The van der Waals surface area contributed by atoms with Crippen molar-refractivity contribution in [1.82, 2.24) is 14.9 Å². The van der Waals surface area contributed by atoms with Crippen molar-refractivity contribution in [3.8, 4) is 0 Å². The molecule has 1 aromatic carbocycles. The lowest BCUT2D eigenvalue weighted by Crippen LogP contribution is -2.43. The van der Waals surface area contributed by atoms with Gasteiger partial charge in [0.2, 0.25) is 5.91 Å². The van der Waals surface area contributed by atoms with E-state index in [0.29, 0.717) is 5.69 Å². The zero-order valence-corrected chi connectivity index (χ0v) is 23.4. The highest BCUT2D eigenvalue weighted by atomic mass is 31.2. The summed E-state index contributed by atoms with van der Waals surface area (Å²) in [4.78, 5) is 50.6. The molecule has 15 heteroatoms. The van der Waals surface area contributed by atoms with Crippen molar-refractivity contribution in [3.63, 3.8) is 0 Å². The van der Waals surface area contributed by atoms with Crippen LogP contribution in [0.15, 0.2) is 40.1 Å². The van der Waals surface area contributed by atoms with Crippen molar-refractivity contribution in [2.75, 3.05) is 25.1 Å². The van der Waals surface area contributed by atoms with Crippen LogP contribution >= 0.6 is 7.60 Å². The number of amides is 2. The first-order valence-electron chi connectivity index (χ1n) is 12.9. The molecule has 14 nitrogen and oxygen atoms in total. The van der Waals surface area contributed by atoms with Crippen LogP contribution in [0.3, 0.4) is 0 Å². The molecule has 0 bridgehead atoms. The van der Waals surface area contributed by atoms with Gasteiger partial charge in [0.15, 0.2) is 12.3 Å². The summed E-state index contributed by atoms with van der Waals surface area (Å²) in [5.74, 6) is -1.02. The number of nitrogens with zero attached hydrogens (tertiary/aromatic N) is 1. The van der Waals surface area contributed by atoms with Crippen LogP contribution in [-0.4, -0.2) is 69.6 Å². The first kappa shape index (κ1) is 31.4. The van der Waals surface area contributed by atoms with Crippen molar-refractivity contribution in [1.29, 1.82) is 0 Å². The Morgan fingerprint density at radius 3 is 2.38 bits per heavy atom. The highest BCUT2D eigenvalue weighted by Crippen LogP contribution is 2.51. The fourth-order valence-electron chi connectivity index (χ4n) is 4.10. The third-order valence-electron chi connectivity index (χ3n) is 6.06. The molecule has 5 N–H and O–H groups in total. The quantitative estimate of drug-likeness (QED) is 0.166. The Balaban J connectivity index is 1.45. The first-order chi connectivity index (χ1) is 19.0. The number of carbonyl (C=O) groups is 2. The summed E-state index contributed by atoms with van der Waals surface area (Å²) in [7, 11) is -3.24. The fraction of sp³-hybridized carbons (Fsp3) is 0.520. The van der Waals surface area contributed by atoms with E-state index in [1.54, 1.807) is 38.1 Å². The van der Waals surface area contributed by atoms with Gasteiger partial charge in [-0.05, 0) is 44.9 Å². The Hall–Kier alpha value is -3.13. The standard InChI is InChI=1S/C25H35N4O10P/c1-4-37-40(36,38-5-2)14-16-8-10-17(11-9-16)27-18(30)7-6-12-26-23(34)21-19(31)20(32)24(39-21)29-13-15(3)22(33)28-25(29)35/h8-11,13,19-21,24,31-32H,4-7,12,14H2,1-3H3,(H,26,34)(H,27,30)(H,28,33,35)/t19-,20+,21-,24+/m0/s1. The van der Waals surface area contributed by atoms with E-state index in [0.717, 1.165) is 10.1 Å². The minimum atomic E-state index is -3.24. The van der Waals surface area contributed by atoms with Gasteiger partial charge in [-0.3, -0.25) is 28.5 Å². The van der Waals surface area contributed by atoms with E-state index in [1.807, 2.05) is 0 Å². The van der Waals surface area contributed by atoms with Crippen molar-refractivity contribution in [2.45, 2.75) is 64.3 Å². The number of aryl methyl sites for hydroxylation is 1. The Bertz CT molecular complexity index is 1330. The number of ether oxygens (including phenoxy) is 1. The molecular weight excluding hydrogens is 547 g/mol. The van der Waals surface area contributed by atoms with E-state index in [2.05, 4.69) is 15.6 Å². The Labute approximate surface area is 230 Å². The van der Waals surface area contributed by atoms with Crippen LogP contribution in [0.5, 0.6) is 0 Å². The monoisotopic (exact) mass is 582 g/mol. The maximum Gasteiger partial charge on any atom is 0.335 e. The molecular formula is C25H35N4O10P. The van der Waals surface area contributed by atoms with Crippen LogP contribution in [0, 0.1) is 6.92 Å². The van der Waals surface area contributed by atoms with E-state index in [1.165, 1.54) is 13.1 Å². The lowest BCUT2D eigenvalue weighted by atomic mass is 10.1. The fourth-order valence-corrected chi connectivity index (χ4v) is 5.81. The summed E-state index contributed by atoms with van der Waals surface area (Å²) in [5.41, 5.74) is -0.00688. The van der Waals surface area contributed by atoms with E-state index in [9.17, 15) is 34.0 Å². The topological polar surface area (TPSA) is 198 Å². The molecule has 0 radical (unpaired) electrons. The summed E-state index contributed by atoms with van der Waals surface area (Å²) < 4.78 is 29.6. The van der Waals surface area contributed by atoms with Gasteiger partial charge < -0.3 is 34.6 Å². The molecule has 220 valence electrons. The highest BCUT2D eigenvalue weighted by Gasteiger charge is 2.47. The average molecular weight is 583 g/mol. The molecule has 0 spiro atoms. The summed E-state index contributed by atoms with van der Waals surface area (Å²) >= 11 is 0. The molecule has 0 unspecified atom stereocenters. The molecule has 2 amide bonds. The van der Waals surface area contributed by atoms with Gasteiger partial charge in [0.25, 0.3) is 11.5 Å². The van der Waals surface area contributed by atoms with Crippen molar-refractivity contribution < 1.29 is 38.2 Å². The van der Waals surface area contributed by atoms with Crippen LogP contribution in [-0.2, 0) is 34.1 Å². The number of aliphatic hydroxyl groups is 2. The van der Waals surface area contributed by atoms with Gasteiger partial charge in [-0.25, -0.2) is 4.79 Å². The molecule has 1 fully saturated rings. The third kappa shape index (κ3) is 7.96. The van der Waals surface area contributed by atoms with Crippen molar-refractivity contribution in [2.24, 2.45) is 0 Å². The number of hydrogen-bond acceptors (Lipinski definition) is 10. The van der Waals surface area contributed by atoms with Crippen molar-refractivity contribution in [3.05, 3.63) is 62.4 Å². The maximum absolute atomic E-state index is 12.7. The van der Waals surface area contributed by atoms with Crippen LogP contribution < -0.4 is 21.9 Å². The molecule has 2 aromatic rings. The Kier molecular flexibility index (Phi) is 11.0. The summed E-state index contributed by atoms with van der Waals surface area (Å²) in [6.07, 6.45) is -4.42. The van der Waals surface area contributed by atoms with E-state index >= 15 is 0 Å². The average Bonchev–Trinajstić information content (AvgIpc) is 3.19. The first-order valence-corrected chi connectivity index (χ1v) is 14.6. The molecule has 0 saturated carbocycles. The molecule has 1 aliphatic heterocycles. The summed E-state index contributed by atoms with van der Waals surface area (Å²) in [5, 5.41) is 25.9. The molecule has 40 heavy (non-hydrogen) atoms. The normalized spacial score (nSPS) is 20.8. The second-order valence-corrected chi connectivity index (χ2v) is 11.2. The van der Waals surface area contributed by atoms with E-state index in [4.69, 9.17) is 13.8 Å². The van der Waals surface area contributed by atoms with Crippen molar-refractivity contribution >= 4 is 25.1 Å². The molecule has 3 rings (SSSR count). The van der Waals surface area contributed by atoms with Gasteiger partial charge >= 0.3 is 13.3 Å². The largest absolute Gasteiger partial charge is 0.387 e. The van der Waals surface area contributed by atoms with E-state index in [-0.39, 0.29) is 50.2 Å². The number of rotatable bonds is 13. The van der Waals surface area contributed by atoms with Crippen LogP contribution in [0.25, 0.3) is 0 Å². The number of benzene rings is 1. The number of anilines is 1. The van der Waals surface area contributed by atoms with Gasteiger partial charge in [-0.2, -0.15) is 0 Å². The molecule has 1 saturated heterocycles. The molecule has 0 aliphatic carbocycles. The number of H-pyrrole nitrogens is 1. The Morgan fingerprint density at radius 1 is 1.10 bits per heavy atom. The smallest absolute Gasteiger partial charge is 0.335 e. The predicted molar refractivity (Wildman–Crippen MR) is 144 cm³/mol. The Morgan fingerprint density at radius 2 is 1.75 bits per heavy atom. The molecule has 1 aromatic heterocycles. The van der Waals surface area contributed by atoms with E-state index < -0.39 is 49.3 Å². The second kappa shape index (κ2) is 14.0. The zero-order valence-electron chi connectivity index (χ0n) is 22.5. The molecule has 2 heterocycles. The summed E-state index contributed by atoms with van der Waals surface area (Å²) in [6, 6.07) is 6.79. The predicted octanol–water partition coefficient (Wildman–Crippen LogP) is 0.765. The lowest BCUT2D eigenvalue weighted by molar-refractivity contribution is -0.138. The molecule has 4 atom stereocenters. The second-order valence-electron chi connectivity index (χ2n) is 9.15. The highest BCUT2D eigenvalue weighted by molar-refractivity contribution is 7.53. The summed E-state index contributed by atoms with van der Waals surface area (Å²) in [6.45, 7) is 5.54. The number of aromatic amines is 1. The van der Waals surface area contributed by atoms with Crippen LogP contribution in [0.4, 0.5) is 5.69 Å². The zero-order chi connectivity index (χ0) is 29.4. The number of nitrogens with one attached hydrogen (secondary N) is 3. The number of carbonyl (C=O) groups excluding carboxylic acids is 2. The van der Waals surface area contributed by atoms with Gasteiger partial charge in [0.05, 0.1) is 19.4 Å². The maximum atomic E-state index is 12.7. The van der Waals surface area contributed by atoms with Crippen LogP contribution in [0.1, 0.15) is 44.0 Å². The van der Waals surface area contributed by atoms with Gasteiger partial charge in [0, 0.05) is 30.4 Å². The van der Waals surface area contributed by atoms with Crippen LogP contribution in [0.2, 0.25) is 0 Å². The minimum Gasteiger partial charge on any atom is -0.387 e. The minimum absolute atomic E-state index is 0.0806. The van der Waals surface area contributed by atoms with Gasteiger partial charge in [0.1, 0.15) is 12.2 Å². The third-order valence-corrected chi connectivity index (χ3v) is 8.12. The number of hydrogen-bond donors (Lipinski definition) is 5.